The van der Waals surface area contributed by atoms with Gasteiger partial charge in [0.05, 0.1) is 24.6 Å². The van der Waals surface area contributed by atoms with Crippen LogP contribution in [-0.2, 0) is 20.9 Å². The van der Waals surface area contributed by atoms with E-state index >= 15 is 0 Å². The second kappa shape index (κ2) is 11.3. The molecule has 0 saturated carbocycles. The van der Waals surface area contributed by atoms with Gasteiger partial charge in [0.25, 0.3) is 5.69 Å². The molecule has 1 saturated heterocycles. The fourth-order valence-electron chi connectivity index (χ4n) is 4.01. The maximum atomic E-state index is 13.0. The number of nitrogens with zero attached hydrogens (tertiary/aromatic N) is 6. The molecule has 1 unspecified atom stereocenters. The van der Waals surface area contributed by atoms with Crippen LogP contribution >= 0.6 is 0 Å². The maximum Gasteiger partial charge on any atom is 0.354 e. The van der Waals surface area contributed by atoms with Gasteiger partial charge in [-0.25, -0.2) is 4.79 Å². The second-order valence-electron chi connectivity index (χ2n) is 7.59. The number of carbonyl (C=O) groups excluding carboxylic acids is 2. The number of ether oxygens (including phenoxy) is 1. The van der Waals surface area contributed by atoms with Gasteiger partial charge in [0.1, 0.15) is 18.7 Å². The lowest BCUT2D eigenvalue weighted by Crippen LogP contribution is -2.70. The van der Waals surface area contributed by atoms with E-state index in [1.807, 2.05) is 20.8 Å². The molecule has 1 aliphatic rings. The zero-order valence-corrected chi connectivity index (χ0v) is 19.0. The number of amides is 1. The van der Waals surface area contributed by atoms with Crippen LogP contribution in [0.2, 0.25) is 0 Å². The number of non-ortho nitro benzene ring substituents is 1. The number of carbonyl (C=O) groups is 2. The van der Waals surface area contributed by atoms with Crippen LogP contribution in [0.25, 0.3) is 10.4 Å². The molecule has 0 radical (unpaired) electrons. The van der Waals surface area contributed by atoms with Crippen LogP contribution in [0.5, 0.6) is 0 Å². The van der Waals surface area contributed by atoms with Gasteiger partial charge in [0.2, 0.25) is 5.91 Å². The third-order valence-corrected chi connectivity index (χ3v) is 6.16. The van der Waals surface area contributed by atoms with Gasteiger partial charge in [-0.3, -0.25) is 19.8 Å². The van der Waals surface area contributed by atoms with Crippen LogP contribution in [0.3, 0.4) is 0 Å². The molecule has 0 aromatic heterocycles. The van der Waals surface area contributed by atoms with Gasteiger partial charge >= 0.3 is 5.97 Å². The number of rotatable bonds is 12. The van der Waals surface area contributed by atoms with Crippen LogP contribution < -0.4 is 5.11 Å². The number of esters is 1. The molecular formula is C21H28N6O6. The molecule has 0 N–H and O–H groups in total. The topological polar surface area (TPSA) is 162 Å². The molecule has 0 bridgehead atoms. The van der Waals surface area contributed by atoms with Crippen molar-refractivity contribution in [2.24, 2.45) is 5.11 Å². The fourth-order valence-corrected chi connectivity index (χ4v) is 4.01. The van der Waals surface area contributed by atoms with Crippen LogP contribution in [0, 0.1) is 10.1 Å². The van der Waals surface area contributed by atoms with Crippen LogP contribution in [0.15, 0.2) is 40.8 Å². The molecule has 178 valence electrons. The summed E-state index contributed by atoms with van der Waals surface area (Å²) in [5.41, 5.74) is 8.50. The summed E-state index contributed by atoms with van der Waals surface area (Å²) in [7, 11) is 0. The molecule has 12 nitrogen and oxygen atoms in total. The second-order valence-corrected chi connectivity index (χ2v) is 7.59. The number of quaternary nitrogens is 1. The summed E-state index contributed by atoms with van der Waals surface area (Å²) in [6, 6.07) is 5.45. The molecule has 12 heteroatoms. The summed E-state index contributed by atoms with van der Waals surface area (Å²) in [4.78, 5) is 39.7. The van der Waals surface area contributed by atoms with E-state index in [-0.39, 0.29) is 49.5 Å². The Bertz CT molecular complexity index is 958. The zero-order valence-electron chi connectivity index (χ0n) is 19.0. The van der Waals surface area contributed by atoms with Crippen LogP contribution in [0.1, 0.15) is 39.2 Å². The third kappa shape index (κ3) is 5.60. The molecule has 1 amide bonds. The maximum absolute atomic E-state index is 13.0. The Morgan fingerprint density at radius 1 is 1.27 bits per heavy atom. The highest BCUT2D eigenvalue weighted by atomic mass is 16.6. The van der Waals surface area contributed by atoms with Crippen molar-refractivity contribution in [3.05, 3.63) is 61.8 Å². The number of azide groups is 1. The Labute approximate surface area is 191 Å². The first kappa shape index (κ1) is 25.6. The van der Waals surface area contributed by atoms with Crippen molar-refractivity contribution in [3.63, 3.8) is 0 Å². The van der Waals surface area contributed by atoms with Crippen LogP contribution in [-0.4, -0.2) is 58.5 Å². The Hall–Kier alpha value is -3.63. The summed E-state index contributed by atoms with van der Waals surface area (Å²) in [5, 5.41) is 27.0. The van der Waals surface area contributed by atoms with E-state index in [0.29, 0.717) is 29.7 Å². The van der Waals surface area contributed by atoms with E-state index in [4.69, 9.17) is 10.3 Å². The van der Waals surface area contributed by atoms with Crippen LogP contribution in [0.4, 0.5) is 5.69 Å². The molecule has 2 rings (SSSR count). The molecule has 1 atom stereocenters. The van der Waals surface area contributed by atoms with Crippen molar-refractivity contribution in [1.29, 1.82) is 0 Å². The van der Waals surface area contributed by atoms with Gasteiger partial charge in [-0.1, -0.05) is 5.11 Å². The SMILES string of the molecule is CC[N+](CC)(CC)C1CC(=O)N1C(C(=O)OCc1ccc([N+](=O)[O-])cc1)=C([O-])CCN=[N+]=[N-]. The Morgan fingerprint density at radius 3 is 2.36 bits per heavy atom. The van der Waals surface area contributed by atoms with Gasteiger partial charge in [0.15, 0.2) is 6.17 Å². The van der Waals surface area contributed by atoms with Crippen molar-refractivity contribution in [2.45, 2.75) is 46.4 Å². The van der Waals surface area contributed by atoms with E-state index < -0.39 is 16.7 Å². The largest absolute Gasteiger partial charge is 0.874 e. The van der Waals surface area contributed by atoms with Gasteiger partial charge < -0.3 is 14.3 Å². The third-order valence-electron chi connectivity index (χ3n) is 6.16. The van der Waals surface area contributed by atoms with E-state index in [9.17, 15) is 24.8 Å². The average Bonchev–Trinajstić information content (AvgIpc) is 2.81. The summed E-state index contributed by atoms with van der Waals surface area (Å²) < 4.78 is 5.84. The van der Waals surface area contributed by atoms with Crippen molar-refractivity contribution >= 4 is 17.6 Å². The lowest BCUT2D eigenvalue weighted by Gasteiger charge is -2.53. The van der Waals surface area contributed by atoms with Crippen molar-refractivity contribution < 1.29 is 28.8 Å². The zero-order chi connectivity index (χ0) is 24.6. The van der Waals surface area contributed by atoms with Gasteiger partial charge in [-0.05, 0) is 50.4 Å². The summed E-state index contributed by atoms with van der Waals surface area (Å²) in [6.45, 7) is 7.71. The van der Waals surface area contributed by atoms with Crippen molar-refractivity contribution in [2.75, 3.05) is 26.2 Å². The van der Waals surface area contributed by atoms with Gasteiger partial charge in [-0.15, -0.1) is 5.76 Å². The van der Waals surface area contributed by atoms with Gasteiger partial charge in [0, 0.05) is 23.6 Å². The van der Waals surface area contributed by atoms with E-state index in [2.05, 4.69) is 10.0 Å². The number of β-lactam (4-membered cyclic amide) rings is 1. The molecular weight excluding hydrogens is 432 g/mol. The number of nitro benzene ring substituents is 1. The Kier molecular flexibility index (Phi) is 8.78. The number of hydrogen-bond acceptors (Lipinski definition) is 7. The molecule has 0 spiro atoms. The molecule has 1 heterocycles. The highest BCUT2D eigenvalue weighted by Gasteiger charge is 2.52. The molecule has 1 aromatic rings. The molecule has 1 aliphatic heterocycles. The first-order valence-corrected chi connectivity index (χ1v) is 10.7. The predicted octanol–water partition coefficient (Wildman–Crippen LogP) is 2.35. The molecule has 33 heavy (non-hydrogen) atoms. The Morgan fingerprint density at radius 2 is 1.88 bits per heavy atom. The smallest absolute Gasteiger partial charge is 0.354 e. The standard InChI is InChI=1S/C21H28N6O6/c1-4-27(5-2,6-3)18-13-19(29)25(18)20(17(28)11-12-23-24-22)21(30)33-14-15-7-9-16(10-8-15)26(31)32/h7-10,18H,4-6,11-14H2,1-3H3. The van der Waals surface area contributed by atoms with Crippen molar-refractivity contribution in [3.8, 4) is 0 Å². The molecule has 1 fully saturated rings. The number of benzene rings is 1. The van der Waals surface area contributed by atoms with E-state index in [0.717, 1.165) is 0 Å². The predicted molar refractivity (Wildman–Crippen MR) is 116 cm³/mol. The minimum absolute atomic E-state index is 0.104. The first-order chi connectivity index (χ1) is 15.7. The summed E-state index contributed by atoms with van der Waals surface area (Å²) >= 11 is 0. The number of hydrogen-bond donors (Lipinski definition) is 0. The van der Waals surface area contributed by atoms with Crippen molar-refractivity contribution in [1.82, 2.24) is 4.90 Å². The quantitative estimate of drug-likeness (QED) is 0.0444. The number of nitro groups is 1. The van der Waals surface area contributed by atoms with E-state index in [1.54, 1.807) is 0 Å². The monoisotopic (exact) mass is 460 g/mol. The van der Waals surface area contributed by atoms with E-state index in [1.165, 1.54) is 29.2 Å². The lowest BCUT2D eigenvalue weighted by molar-refractivity contribution is -0.958. The molecule has 1 aromatic carbocycles. The highest BCUT2D eigenvalue weighted by molar-refractivity contribution is 5.97. The minimum atomic E-state index is -0.959. The normalized spacial score (nSPS) is 16.4. The van der Waals surface area contributed by atoms with Gasteiger partial charge in [-0.2, -0.15) is 0 Å². The summed E-state index contributed by atoms with van der Waals surface area (Å²) in [6.07, 6.45) is -0.409. The fraction of sp³-hybridized carbons (Fsp3) is 0.524. The first-order valence-electron chi connectivity index (χ1n) is 10.7. The highest BCUT2D eigenvalue weighted by Crippen LogP contribution is 2.34. The summed E-state index contributed by atoms with van der Waals surface area (Å²) in [5.74, 6) is -1.95. The lowest BCUT2D eigenvalue weighted by atomic mass is 10.0. The average molecular weight is 460 g/mol. The number of likely N-dealkylation sites (tertiary alicyclic amines) is 1. The Balaban J connectivity index is 2.32. The minimum Gasteiger partial charge on any atom is -0.874 e. The molecule has 0 aliphatic carbocycles.